The van der Waals surface area contributed by atoms with Crippen molar-refractivity contribution in [2.75, 3.05) is 5.32 Å². The van der Waals surface area contributed by atoms with Gasteiger partial charge in [0.15, 0.2) is 0 Å². The molecule has 2 aromatic heterocycles. The molecule has 2 rings (SSSR count). The average Bonchev–Trinajstić information content (AvgIpc) is 2.92. The lowest BCUT2D eigenvalue weighted by Gasteiger charge is -2.06. The number of aromatic carboxylic acids is 1. The summed E-state index contributed by atoms with van der Waals surface area (Å²) in [6.45, 7) is 3.89. The number of carboxylic acids is 1. The van der Waals surface area contributed by atoms with Gasteiger partial charge in [-0.15, -0.1) is 22.7 Å². The SMILES string of the molecule is Cc1sc(NC(=O)NCc2ccc(Cl)s2)c(C(=O)O)c1C. The highest BCUT2D eigenvalue weighted by Crippen LogP contribution is 2.32. The van der Waals surface area contributed by atoms with E-state index in [4.69, 9.17) is 11.6 Å². The molecule has 2 aromatic rings. The summed E-state index contributed by atoms with van der Waals surface area (Å²) < 4.78 is 0.657. The summed E-state index contributed by atoms with van der Waals surface area (Å²) in [4.78, 5) is 24.9. The Morgan fingerprint density at radius 3 is 2.57 bits per heavy atom. The van der Waals surface area contributed by atoms with Gasteiger partial charge in [-0.3, -0.25) is 5.32 Å². The molecule has 112 valence electrons. The van der Waals surface area contributed by atoms with Gasteiger partial charge >= 0.3 is 12.0 Å². The first-order valence-corrected chi connectivity index (χ1v) is 8.02. The first kappa shape index (κ1) is 15.8. The van der Waals surface area contributed by atoms with Crippen LogP contribution in [0.25, 0.3) is 0 Å². The molecule has 0 spiro atoms. The Balaban J connectivity index is 2.03. The Labute approximate surface area is 134 Å². The average molecular weight is 345 g/mol. The Hall–Kier alpha value is -1.57. The lowest BCUT2D eigenvalue weighted by Crippen LogP contribution is -2.28. The topological polar surface area (TPSA) is 78.4 Å². The minimum Gasteiger partial charge on any atom is -0.478 e. The van der Waals surface area contributed by atoms with Gasteiger partial charge in [-0.05, 0) is 31.5 Å². The Bertz CT molecular complexity index is 694. The van der Waals surface area contributed by atoms with Crippen LogP contribution < -0.4 is 10.6 Å². The van der Waals surface area contributed by atoms with E-state index in [1.165, 1.54) is 22.7 Å². The van der Waals surface area contributed by atoms with E-state index in [2.05, 4.69) is 10.6 Å². The molecule has 0 aliphatic heterocycles. The Morgan fingerprint density at radius 2 is 2.00 bits per heavy atom. The zero-order chi connectivity index (χ0) is 15.6. The Morgan fingerprint density at radius 1 is 1.29 bits per heavy atom. The molecule has 0 aromatic carbocycles. The molecule has 0 atom stereocenters. The van der Waals surface area contributed by atoms with Crippen LogP contribution in [-0.2, 0) is 6.54 Å². The zero-order valence-electron chi connectivity index (χ0n) is 11.3. The second-order valence-electron chi connectivity index (χ2n) is 4.31. The van der Waals surface area contributed by atoms with E-state index in [0.717, 1.165) is 9.75 Å². The quantitative estimate of drug-likeness (QED) is 0.781. The molecule has 0 aliphatic carbocycles. The van der Waals surface area contributed by atoms with Gasteiger partial charge in [-0.1, -0.05) is 11.6 Å². The van der Waals surface area contributed by atoms with Crippen molar-refractivity contribution < 1.29 is 14.7 Å². The number of hydrogen-bond acceptors (Lipinski definition) is 4. The summed E-state index contributed by atoms with van der Waals surface area (Å²) in [5, 5.41) is 14.8. The fourth-order valence-corrected chi connectivity index (χ4v) is 3.81. The molecule has 5 nitrogen and oxygen atoms in total. The predicted octanol–water partition coefficient (Wildman–Crippen LogP) is 4.10. The molecule has 0 bridgehead atoms. The zero-order valence-corrected chi connectivity index (χ0v) is 13.7. The van der Waals surface area contributed by atoms with E-state index in [-0.39, 0.29) is 5.56 Å². The molecular formula is C13H13ClN2O3S2. The van der Waals surface area contributed by atoms with Crippen molar-refractivity contribution >= 4 is 51.3 Å². The van der Waals surface area contributed by atoms with E-state index in [0.29, 0.717) is 21.4 Å². The second kappa shape index (κ2) is 6.46. The number of carbonyl (C=O) groups is 2. The molecule has 2 amide bonds. The number of hydrogen-bond donors (Lipinski definition) is 3. The number of carboxylic acid groups (broad SMARTS) is 1. The third kappa shape index (κ3) is 3.75. The maximum atomic E-state index is 11.9. The maximum absolute atomic E-state index is 11.9. The van der Waals surface area contributed by atoms with Gasteiger partial charge < -0.3 is 10.4 Å². The number of amides is 2. The lowest BCUT2D eigenvalue weighted by atomic mass is 10.1. The van der Waals surface area contributed by atoms with Crippen LogP contribution in [-0.4, -0.2) is 17.1 Å². The minimum atomic E-state index is -1.04. The van der Waals surface area contributed by atoms with Gasteiger partial charge in [0, 0.05) is 9.75 Å². The van der Waals surface area contributed by atoms with Gasteiger partial charge in [0.2, 0.25) is 0 Å². The van der Waals surface area contributed by atoms with Crippen LogP contribution in [0.1, 0.15) is 25.7 Å². The van der Waals surface area contributed by atoms with Crippen molar-refractivity contribution in [2.45, 2.75) is 20.4 Å². The number of aryl methyl sites for hydroxylation is 1. The van der Waals surface area contributed by atoms with Crippen LogP contribution in [0, 0.1) is 13.8 Å². The fraction of sp³-hybridized carbons (Fsp3) is 0.231. The lowest BCUT2D eigenvalue weighted by molar-refractivity contribution is 0.0697. The van der Waals surface area contributed by atoms with Gasteiger partial charge in [0.1, 0.15) is 5.00 Å². The third-order valence-electron chi connectivity index (χ3n) is 2.88. The number of carbonyl (C=O) groups excluding carboxylic acids is 1. The number of anilines is 1. The van der Waals surface area contributed by atoms with Crippen molar-refractivity contribution in [3.05, 3.63) is 37.4 Å². The van der Waals surface area contributed by atoms with E-state index in [1.54, 1.807) is 13.0 Å². The van der Waals surface area contributed by atoms with E-state index >= 15 is 0 Å². The standard InChI is InChI=1S/C13H13ClN2O3S2/c1-6-7(2)20-11(10(6)12(17)18)16-13(19)15-5-8-3-4-9(14)21-8/h3-4H,5H2,1-2H3,(H,17,18)(H2,15,16,19). The minimum absolute atomic E-state index is 0.145. The predicted molar refractivity (Wildman–Crippen MR) is 85.9 cm³/mol. The molecule has 0 radical (unpaired) electrons. The molecule has 3 N–H and O–H groups in total. The van der Waals surface area contributed by atoms with Gasteiger partial charge in [-0.25, -0.2) is 9.59 Å². The number of halogens is 1. The molecule has 0 fully saturated rings. The molecule has 2 heterocycles. The van der Waals surface area contributed by atoms with Crippen LogP contribution >= 0.6 is 34.3 Å². The van der Waals surface area contributed by atoms with E-state index in [9.17, 15) is 14.7 Å². The number of nitrogens with one attached hydrogen (secondary N) is 2. The highest BCUT2D eigenvalue weighted by Gasteiger charge is 2.20. The van der Waals surface area contributed by atoms with Gasteiger partial charge in [-0.2, -0.15) is 0 Å². The van der Waals surface area contributed by atoms with Crippen molar-refractivity contribution in [1.82, 2.24) is 5.32 Å². The van der Waals surface area contributed by atoms with E-state index in [1.807, 2.05) is 13.0 Å². The normalized spacial score (nSPS) is 10.4. The molecule has 0 saturated heterocycles. The largest absolute Gasteiger partial charge is 0.478 e. The van der Waals surface area contributed by atoms with Gasteiger partial charge in [0.05, 0.1) is 16.4 Å². The van der Waals surface area contributed by atoms with Crippen LogP contribution in [0.2, 0.25) is 4.34 Å². The number of urea groups is 1. The maximum Gasteiger partial charge on any atom is 0.338 e. The van der Waals surface area contributed by atoms with Gasteiger partial charge in [0.25, 0.3) is 0 Å². The summed E-state index contributed by atoms with van der Waals surface area (Å²) in [6, 6.07) is 3.15. The van der Waals surface area contributed by atoms with E-state index < -0.39 is 12.0 Å². The van der Waals surface area contributed by atoms with Crippen molar-refractivity contribution in [2.24, 2.45) is 0 Å². The molecule has 8 heteroatoms. The highest BCUT2D eigenvalue weighted by atomic mass is 35.5. The first-order chi connectivity index (χ1) is 9.88. The summed E-state index contributed by atoms with van der Waals surface area (Å²) in [5.74, 6) is -1.04. The second-order valence-corrected chi connectivity index (χ2v) is 7.33. The molecule has 21 heavy (non-hydrogen) atoms. The molecular weight excluding hydrogens is 332 g/mol. The van der Waals surface area contributed by atoms with Crippen molar-refractivity contribution in [1.29, 1.82) is 0 Å². The van der Waals surface area contributed by atoms with Crippen LogP contribution in [0.4, 0.5) is 9.80 Å². The van der Waals surface area contributed by atoms with Crippen LogP contribution in [0.5, 0.6) is 0 Å². The third-order valence-corrected chi connectivity index (χ3v) is 5.23. The first-order valence-electron chi connectivity index (χ1n) is 6.01. The number of thiophene rings is 2. The van der Waals surface area contributed by atoms with Crippen molar-refractivity contribution in [3.63, 3.8) is 0 Å². The monoisotopic (exact) mass is 344 g/mol. The number of rotatable bonds is 4. The molecule has 0 unspecified atom stereocenters. The molecule has 0 aliphatic rings. The fourth-order valence-electron chi connectivity index (χ4n) is 1.73. The van der Waals surface area contributed by atoms with Crippen LogP contribution in [0.3, 0.4) is 0 Å². The van der Waals surface area contributed by atoms with Crippen molar-refractivity contribution in [3.8, 4) is 0 Å². The smallest absolute Gasteiger partial charge is 0.338 e. The van der Waals surface area contributed by atoms with Crippen LogP contribution in [0.15, 0.2) is 12.1 Å². The summed E-state index contributed by atoms with van der Waals surface area (Å²) >= 11 is 8.44. The molecule has 0 saturated carbocycles. The summed E-state index contributed by atoms with van der Waals surface area (Å²) in [7, 11) is 0. The summed E-state index contributed by atoms with van der Waals surface area (Å²) in [5.41, 5.74) is 0.819. The Kier molecular flexibility index (Phi) is 4.87. The highest BCUT2D eigenvalue weighted by molar-refractivity contribution is 7.17. The summed E-state index contributed by atoms with van der Waals surface area (Å²) in [6.07, 6.45) is 0.